The molecule has 18 heavy (non-hydrogen) atoms. The number of rotatable bonds is 2. The Morgan fingerprint density at radius 2 is 2.39 bits per heavy atom. The van der Waals surface area contributed by atoms with Gasteiger partial charge < -0.3 is 10.6 Å². The van der Waals surface area contributed by atoms with Crippen LogP contribution in [0.15, 0.2) is 18.2 Å². The third-order valence-corrected chi connectivity index (χ3v) is 3.55. The molecule has 2 N–H and O–H groups in total. The summed E-state index contributed by atoms with van der Waals surface area (Å²) in [7, 11) is 0. The fourth-order valence-electron chi connectivity index (χ4n) is 2.14. The second-order valence-electron chi connectivity index (χ2n) is 4.43. The molecular weight excluding hydrogens is 250 g/mol. The highest BCUT2D eigenvalue weighted by molar-refractivity contribution is 6.31. The van der Waals surface area contributed by atoms with Crippen molar-refractivity contribution in [2.45, 2.75) is 19.4 Å². The van der Waals surface area contributed by atoms with E-state index in [4.69, 9.17) is 16.9 Å². The zero-order chi connectivity index (χ0) is 13.1. The van der Waals surface area contributed by atoms with Crippen LogP contribution in [0.2, 0.25) is 5.02 Å². The molecule has 1 amide bonds. The maximum Gasteiger partial charge on any atom is 0.229 e. The molecule has 0 spiro atoms. The summed E-state index contributed by atoms with van der Waals surface area (Å²) < 4.78 is 0. The van der Waals surface area contributed by atoms with Crippen LogP contribution >= 0.6 is 11.6 Å². The van der Waals surface area contributed by atoms with E-state index in [1.165, 1.54) is 0 Å². The summed E-state index contributed by atoms with van der Waals surface area (Å²) in [5.41, 5.74) is 0.979. The van der Waals surface area contributed by atoms with E-state index in [-0.39, 0.29) is 17.9 Å². The molecule has 0 bridgehead atoms. The van der Waals surface area contributed by atoms with Crippen molar-refractivity contribution in [2.24, 2.45) is 5.92 Å². The minimum atomic E-state index is -0.0220. The number of nitrogens with zero attached hydrogens (tertiary/aromatic N) is 1. The fraction of sp³-hybridized carbons (Fsp3) is 0.385. The molecule has 2 unspecified atom stereocenters. The van der Waals surface area contributed by atoms with Crippen molar-refractivity contribution in [3.05, 3.63) is 28.8 Å². The molecule has 1 aromatic carbocycles. The van der Waals surface area contributed by atoms with Crippen LogP contribution in [0.25, 0.3) is 0 Å². The molecule has 1 aromatic rings. The van der Waals surface area contributed by atoms with E-state index in [9.17, 15) is 4.79 Å². The third kappa shape index (κ3) is 2.63. The predicted octanol–water partition coefficient (Wildman–Crippen LogP) is 2.15. The van der Waals surface area contributed by atoms with Gasteiger partial charge in [-0.2, -0.15) is 5.26 Å². The molecule has 0 radical (unpaired) electrons. The number of hydrogen-bond acceptors (Lipinski definition) is 3. The van der Waals surface area contributed by atoms with Crippen molar-refractivity contribution in [1.29, 1.82) is 5.26 Å². The number of anilines is 1. The molecular formula is C13H14ClN3O. The Balaban J connectivity index is 2.10. The monoisotopic (exact) mass is 263 g/mol. The highest BCUT2D eigenvalue weighted by Gasteiger charge is 2.29. The minimum Gasteiger partial charge on any atom is -0.326 e. The van der Waals surface area contributed by atoms with Crippen molar-refractivity contribution in [2.75, 3.05) is 11.9 Å². The maximum atomic E-state index is 12.0. The molecule has 1 aliphatic heterocycles. The highest BCUT2D eigenvalue weighted by atomic mass is 35.5. The molecule has 1 aliphatic rings. The van der Waals surface area contributed by atoms with Crippen molar-refractivity contribution in [3.63, 3.8) is 0 Å². The fourth-order valence-corrected chi connectivity index (χ4v) is 2.30. The van der Waals surface area contributed by atoms with Gasteiger partial charge >= 0.3 is 0 Å². The summed E-state index contributed by atoms with van der Waals surface area (Å²) in [6, 6.07) is 7.09. The lowest BCUT2D eigenvalue weighted by molar-refractivity contribution is -0.119. The normalized spacial score (nSPS) is 22.5. The number of benzene rings is 1. The first-order valence-electron chi connectivity index (χ1n) is 5.85. The average Bonchev–Trinajstić information content (AvgIpc) is 2.78. The molecule has 0 aliphatic carbocycles. The van der Waals surface area contributed by atoms with Gasteiger partial charge in [0.25, 0.3) is 0 Å². The summed E-state index contributed by atoms with van der Waals surface area (Å²) in [6.07, 6.45) is 0.839. The Morgan fingerprint density at radius 3 is 3.00 bits per heavy atom. The molecule has 0 aromatic heterocycles. The largest absolute Gasteiger partial charge is 0.326 e. The van der Waals surface area contributed by atoms with Crippen LogP contribution in [0, 0.1) is 17.2 Å². The quantitative estimate of drug-likeness (QED) is 0.859. The summed E-state index contributed by atoms with van der Waals surface area (Å²) in [6.45, 7) is 2.86. The lowest BCUT2D eigenvalue weighted by Gasteiger charge is -2.15. The molecule has 94 valence electrons. The molecule has 2 atom stereocenters. The second-order valence-corrected chi connectivity index (χ2v) is 4.84. The van der Waals surface area contributed by atoms with E-state index < -0.39 is 0 Å². The Kier molecular flexibility index (Phi) is 3.85. The van der Waals surface area contributed by atoms with Crippen molar-refractivity contribution >= 4 is 23.2 Å². The predicted molar refractivity (Wildman–Crippen MR) is 70.4 cm³/mol. The number of nitrogens with one attached hydrogen (secondary N) is 2. The summed E-state index contributed by atoms with van der Waals surface area (Å²) in [5, 5.41) is 15.3. The standard InChI is InChI=1S/C13H14ClN3O/c1-8-11(4-5-16-8)13(18)17-10-2-3-12(14)9(6-10)7-15/h2-3,6,8,11,16H,4-5H2,1H3,(H,17,18). The van der Waals surface area contributed by atoms with Gasteiger partial charge in [-0.05, 0) is 38.1 Å². The van der Waals surface area contributed by atoms with Crippen LogP contribution < -0.4 is 10.6 Å². The Morgan fingerprint density at radius 1 is 1.61 bits per heavy atom. The number of halogens is 1. The first-order chi connectivity index (χ1) is 8.61. The Labute approximate surface area is 111 Å². The van der Waals surface area contributed by atoms with Gasteiger partial charge in [0.05, 0.1) is 16.5 Å². The van der Waals surface area contributed by atoms with Gasteiger partial charge in [0, 0.05) is 11.7 Å². The average molecular weight is 264 g/mol. The number of carbonyl (C=O) groups excluding carboxylic acids is 1. The van der Waals surface area contributed by atoms with Gasteiger partial charge in [0.15, 0.2) is 0 Å². The van der Waals surface area contributed by atoms with Crippen LogP contribution in [0.4, 0.5) is 5.69 Å². The smallest absolute Gasteiger partial charge is 0.229 e. The van der Waals surface area contributed by atoms with Gasteiger partial charge in [-0.15, -0.1) is 0 Å². The van der Waals surface area contributed by atoms with Gasteiger partial charge in [-0.1, -0.05) is 11.6 Å². The Hall–Kier alpha value is -1.57. The number of amides is 1. The van der Waals surface area contributed by atoms with Crippen LogP contribution in [0.3, 0.4) is 0 Å². The van der Waals surface area contributed by atoms with E-state index in [1.807, 2.05) is 13.0 Å². The highest BCUT2D eigenvalue weighted by Crippen LogP contribution is 2.22. The molecule has 4 nitrogen and oxygen atoms in total. The molecule has 1 heterocycles. The van der Waals surface area contributed by atoms with Gasteiger partial charge in [-0.25, -0.2) is 0 Å². The SMILES string of the molecule is CC1NCCC1C(=O)Nc1ccc(Cl)c(C#N)c1. The summed E-state index contributed by atoms with van der Waals surface area (Å²) in [5.74, 6) is -0.0371. The van der Waals surface area contributed by atoms with E-state index in [0.717, 1.165) is 13.0 Å². The van der Waals surface area contributed by atoms with Crippen LogP contribution in [0.5, 0.6) is 0 Å². The number of nitriles is 1. The van der Waals surface area contributed by atoms with E-state index in [2.05, 4.69) is 10.6 Å². The molecule has 0 saturated carbocycles. The summed E-state index contributed by atoms with van der Waals surface area (Å²) >= 11 is 5.84. The van der Waals surface area contributed by atoms with Gasteiger partial charge in [-0.3, -0.25) is 4.79 Å². The lowest BCUT2D eigenvalue weighted by Crippen LogP contribution is -2.32. The van der Waals surface area contributed by atoms with Gasteiger partial charge in [0.2, 0.25) is 5.91 Å². The molecule has 1 saturated heterocycles. The summed E-state index contributed by atoms with van der Waals surface area (Å²) in [4.78, 5) is 12.0. The topological polar surface area (TPSA) is 64.9 Å². The van der Waals surface area contributed by atoms with Crippen molar-refractivity contribution in [3.8, 4) is 6.07 Å². The first-order valence-corrected chi connectivity index (χ1v) is 6.23. The molecule has 1 fully saturated rings. The minimum absolute atomic E-state index is 0.0151. The van der Waals surface area contributed by atoms with E-state index >= 15 is 0 Å². The van der Waals surface area contributed by atoms with Crippen LogP contribution in [-0.2, 0) is 4.79 Å². The number of hydrogen-bond donors (Lipinski definition) is 2. The first kappa shape index (κ1) is 12.9. The lowest BCUT2D eigenvalue weighted by atomic mass is 10.0. The third-order valence-electron chi connectivity index (χ3n) is 3.22. The maximum absolute atomic E-state index is 12.0. The zero-order valence-corrected chi connectivity index (χ0v) is 10.8. The second kappa shape index (κ2) is 5.38. The van der Waals surface area contributed by atoms with E-state index in [1.54, 1.807) is 18.2 Å². The van der Waals surface area contributed by atoms with Crippen LogP contribution in [-0.4, -0.2) is 18.5 Å². The molecule has 2 rings (SSSR count). The van der Waals surface area contributed by atoms with Crippen molar-refractivity contribution in [1.82, 2.24) is 5.32 Å². The van der Waals surface area contributed by atoms with Gasteiger partial charge in [0.1, 0.15) is 6.07 Å². The molecule has 5 heteroatoms. The van der Waals surface area contributed by atoms with E-state index in [0.29, 0.717) is 16.3 Å². The Bertz CT molecular complexity index is 509. The van der Waals surface area contributed by atoms with Crippen LogP contribution in [0.1, 0.15) is 18.9 Å². The van der Waals surface area contributed by atoms with Crippen molar-refractivity contribution < 1.29 is 4.79 Å². The zero-order valence-electron chi connectivity index (χ0n) is 10.0. The number of carbonyl (C=O) groups is 1.